The monoisotopic (exact) mass is 320 g/mol. The van der Waals surface area contributed by atoms with Crippen molar-refractivity contribution in [1.29, 1.82) is 0 Å². The Labute approximate surface area is 138 Å². The zero-order valence-corrected chi connectivity index (χ0v) is 14.1. The van der Waals surface area contributed by atoms with E-state index in [4.69, 9.17) is 11.6 Å². The molecular weight excluding hydrogens is 296 g/mol. The summed E-state index contributed by atoms with van der Waals surface area (Å²) >= 11 is 6.08. The molecule has 3 rings (SSSR count). The average molecular weight is 321 g/mol. The minimum atomic E-state index is 0.275. The van der Waals surface area contributed by atoms with E-state index < -0.39 is 0 Å². The molecule has 2 fully saturated rings. The van der Waals surface area contributed by atoms with Gasteiger partial charge in [-0.1, -0.05) is 30.7 Å². The number of piperidine rings is 1. The van der Waals surface area contributed by atoms with Gasteiger partial charge in [-0.2, -0.15) is 0 Å². The quantitative estimate of drug-likeness (QED) is 0.918. The number of nitrogens with zero attached hydrogens (tertiary/aromatic N) is 1. The molecule has 1 amide bonds. The van der Waals surface area contributed by atoms with Gasteiger partial charge in [-0.15, -0.1) is 0 Å². The molecule has 1 aromatic rings. The molecule has 120 valence electrons. The van der Waals surface area contributed by atoms with Gasteiger partial charge in [0.05, 0.1) is 0 Å². The van der Waals surface area contributed by atoms with E-state index in [1.165, 1.54) is 5.56 Å². The van der Waals surface area contributed by atoms with Crippen LogP contribution in [0.25, 0.3) is 0 Å². The summed E-state index contributed by atoms with van der Waals surface area (Å²) in [6, 6.07) is 8.77. The summed E-state index contributed by atoms with van der Waals surface area (Å²) in [6.45, 7) is 6.20. The van der Waals surface area contributed by atoms with Crippen molar-refractivity contribution in [1.82, 2.24) is 10.2 Å². The predicted octanol–water partition coefficient (Wildman–Crippen LogP) is 3.64. The molecule has 3 nitrogen and oxygen atoms in total. The molecule has 0 spiro atoms. The zero-order valence-electron chi connectivity index (χ0n) is 13.4. The summed E-state index contributed by atoms with van der Waals surface area (Å²) < 4.78 is 0. The maximum Gasteiger partial charge on any atom is 0.225 e. The van der Waals surface area contributed by atoms with Crippen LogP contribution >= 0.6 is 11.6 Å². The molecule has 1 saturated carbocycles. The van der Waals surface area contributed by atoms with E-state index >= 15 is 0 Å². The highest BCUT2D eigenvalue weighted by atomic mass is 35.5. The predicted molar refractivity (Wildman–Crippen MR) is 89.9 cm³/mol. The Morgan fingerprint density at radius 1 is 1.36 bits per heavy atom. The van der Waals surface area contributed by atoms with Crippen molar-refractivity contribution in [3.63, 3.8) is 0 Å². The summed E-state index contributed by atoms with van der Waals surface area (Å²) in [5.41, 5.74) is 1.22. The van der Waals surface area contributed by atoms with Crippen molar-refractivity contribution in [2.24, 2.45) is 11.8 Å². The van der Waals surface area contributed by atoms with E-state index in [1.807, 2.05) is 18.2 Å². The third-order valence-electron chi connectivity index (χ3n) is 4.96. The number of benzene rings is 1. The van der Waals surface area contributed by atoms with E-state index in [0.29, 0.717) is 23.8 Å². The second kappa shape index (κ2) is 6.59. The van der Waals surface area contributed by atoms with Gasteiger partial charge in [0.15, 0.2) is 0 Å². The number of nitrogens with one attached hydrogen (secondary N) is 1. The lowest BCUT2D eigenvalue weighted by atomic mass is 9.92. The molecule has 3 atom stereocenters. The van der Waals surface area contributed by atoms with Crippen LogP contribution in [0.15, 0.2) is 24.3 Å². The number of amides is 1. The van der Waals surface area contributed by atoms with Crippen LogP contribution < -0.4 is 5.32 Å². The molecule has 1 aliphatic carbocycles. The molecule has 4 heteroatoms. The van der Waals surface area contributed by atoms with E-state index in [1.54, 1.807) is 0 Å². The third-order valence-corrected chi connectivity index (χ3v) is 5.19. The molecule has 1 saturated heterocycles. The molecule has 1 aliphatic heterocycles. The van der Waals surface area contributed by atoms with Gasteiger partial charge in [-0.05, 0) is 49.8 Å². The fraction of sp³-hybridized carbons (Fsp3) is 0.611. The van der Waals surface area contributed by atoms with Gasteiger partial charge in [0.25, 0.3) is 0 Å². The largest absolute Gasteiger partial charge is 0.342 e. The fourth-order valence-corrected chi connectivity index (χ4v) is 3.57. The lowest BCUT2D eigenvalue weighted by molar-refractivity contribution is -0.134. The van der Waals surface area contributed by atoms with E-state index in [0.717, 1.165) is 37.4 Å². The van der Waals surface area contributed by atoms with Crippen molar-refractivity contribution in [2.75, 3.05) is 13.1 Å². The second-order valence-corrected chi connectivity index (χ2v) is 7.31. The van der Waals surface area contributed by atoms with E-state index in [2.05, 4.69) is 30.1 Å². The first-order chi connectivity index (χ1) is 10.5. The first kappa shape index (κ1) is 15.8. The summed E-state index contributed by atoms with van der Waals surface area (Å²) in [4.78, 5) is 14.3. The second-order valence-electron chi connectivity index (χ2n) is 6.87. The summed E-state index contributed by atoms with van der Waals surface area (Å²) in [5.74, 6) is 1.20. The number of carbonyl (C=O) groups is 1. The Morgan fingerprint density at radius 2 is 2.14 bits per heavy atom. The molecule has 22 heavy (non-hydrogen) atoms. The smallest absolute Gasteiger partial charge is 0.225 e. The van der Waals surface area contributed by atoms with Crippen LogP contribution in [-0.2, 0) is 4.79 Å². The molecule has 0 bridgehead atoms. The Hall–Kier alpha value is -1.06. The summed E-state index contributed by atoms with van der Waals surface area (Å²) in [7, 11) is 0. The first-order valence-electron chi connectivity index (χ1n) is 8.35. The third kappa shape index (κ3) is 3.64. The van der Waals surface area contributed by atoms with Crippen LogP contribution in [0.1, 0.15) is 44.7 Å². The topological polar surface area (TPSA) is 32.3 Å². The first-order valence-corrected chi connectivity index (χ1v) is 8.72. The minimum absolute atomic E-state index is 0.275. The van der Waals surface area contributed by atoms with Crippen LogP contribution in [0.3, 0.4) is 0 Å². The number of carbonyl (C=O) groups excluding carboxylic acids is 1. The Morgan fingerprint density at radius 3 is 2.77 bits per heavy atom. The van der Waals surface area contributed by atoms with Crippen molar-refractivity contribution in [3.05, 3.63) is 34.9 Å². The molecule has 0 unspecified atom stereocenters. The molecule has 0 aromatic heterocycles. The number of hydrogen-bond acceptors (Lipinski definition) is 2. The van der Waals surface area contributed by atoms with Crippen LogP contribution in [0.4, 0.5) is 0 Å². The molecule has 2 aliphatic rings. The van der Waals surface area contributed by atoms with Crippen molar-refractivity contribution >= 4 is 17.5 Å². The zero-order chi connectivity index (χ0) is 15.7. The number of hydrogen-bond donors (Lipinski definition) is 1. The van der Waals surface area contributed by atoms with Gasteiger partial charge in [-0.25, -0.2) is 0 Å². The van der Waals surface area contributed by atoms with Crippen molar-refractivity contribution in [2.45, 2.75) is 45.2 Å². The van der Waals surface area contributed by atoms with Crippen molar-refractivity contribution < 1.29 is 4.79 Å². The van der Waals surface area contributed by atoms with Crippen LogP contribution in [-0.4, -0.2) is 29.9 Å². The highest BCUT2D eigenvalue weighted by Gasteiger charge is 2.37. The van der Waals surface area contributed by atoms with Gasteiger partial charge < -0.3 is 10.2 Å². The minimum Gasteiger partial charge on any atom is -0.342 e. The van der Waals surface area contributed by atoms with Gasteiger partial charge in [-0.3, -0.25) is 4.79 Å². The number of rotatable bonds is 4. The Kier molecular flexibility index (Phi) is 4.74. The normalized spacial score (nSPS) is 26.8. The standard InChI is InChI=1S/C18H25ClN2O/c1-12-11-21(18(22)14-6-7-14)9-8-17(12)20-13(2)15-4-3-5-16(19)10-15/h3-5,10,12-14,17,20H,6-9,11H2,1-2H3/t12-,13+,17-/m1/s1. The molecule has 1 heterocycles. The van der Waals surface area contributed by atoms with E-state index in [9.17, 15) is 4.79 Å². The van der Waals surface area contributed by atoms with Crippen LogP contribution in [0, 0.1) is 11.8 Å². The Bertz CT molecular complexity index is 544. The van der Waals surface area contributed by atoms with Crippen molar-refractivity contribution in [3.8, 4) is 0 Å². The molecule has 0 radical (unpaired) electrons. The molecule has 1 N–H and O–H groups in total. The van der Waals surface area contributed by atoms with E-state index in [-0.39, 0.29) is 6.04 Å². The highest BCUT2D eigenvalue weighted by Crippen LogP contribution is 2.32. The number of likely N-dealkylation sites (tertiary alicyclic amines) is 1. The van der Waals surface area contributed by atoms with Gasteiger partial charge in [0, 0.05) is 36.1 Å². The lowest BCUT2D eigenvalue weighted by Gasteiger charge is -2.39. The van der Waals surface area contributed by atoms with Crippen LogP contribution in [0.2, 0.25) is 5.02 Å². The van der Waals surface area contributed by atoms with Gasteiger partial charge in [0.2, 0.25) is 5.91 Å². The maximum atomic E-state index is 12.2. The SMILES string of the molecule is C[C@H](N[C@@H]1CCN(C(=O)C2CC2)C[C@H]1C)c1cccc(Cl)c1. The summed E-state index contributed by atoms with van der Waals surface area (Å²) in [5, 5.41) is 4.50. The summed E-state index contributed by atoms with van der Waals surface area (Å²) in [6.07, 6.45) is 3.22. The average Bonchev–Trinajstić information content (AvgIpc) is 3.33. The molecular formula is C18H25ClN2O. The maximum absolute atomic E-state index is 12.2. The lowest BCUT2D eigenvalue weighted by Crippen LogP contribution is -2.50. The fourth-order valence-electron chi connectivity index (χ4n) is 3.38. The molecule has 1 aromatic carbocycles. The van der Waals surface area contributed by atoms with Gasteiger partial charge >= 0.3 is 0 Å². The van der Waals surface area contributed by atoms with Gasteiger partial charge in [0.1, 0.15) is 0 Å². The Balaban J connectivity index is 1.56. The highest BCUT2D eigenvalue weighted by molar-refractivity contribution is 6.30. The number of halogens is 1. The van der Waals surface area contributed by atoms with Crippen LogP contribution in [0.5, 0.6) is 0 Å².